The van der Waals surface area contributed by atoms with E-state index in [1.165, 1.54) is 19.1 Å². The summed E-state index contributed by atoms with van der Waals surface area (Å²) in [5.74, 6) is -0.908. The molecule has 0 heterocycles. The largest absolute Gasteiger partial charge is 0.479 e. The number of nitrogens with zero attached hydrogens (tertiary/aromatic N) is 1. The molecular formula is C16H11Cl2F3N2O4. The molecule has 0 aliphatic carbocycles. The second kappa shape index (κ2) is 8.01. The van der Waals surface area contributed by atoms with Crippen LogP contribution in [0.25, 0.3) is 0 Å². The topological polar surface area (TPSA) is 81.5 Å². The van der Waals surface area contributed by atoms with Crippen LogP contribution < -0.4 is 10.1 Å². The van der Waals surface area contributed by atoms with Gasteiger partial charge in [-0.15, -0.1) is 0 Å². The van der Waals surface area contributed by atoms with Crippen molar-refractivity contribution in [2.75, 3.05) is 5.32 Å². The third kappa shape index (κ3) is 5.24. The maximum Gasteiger partial charge on any atom is 0.418 e. The summed E-state index contributed by atoms with van der Waals surface area (Å²) in [6.07, 6.45) is -5.96. The first-order chi connectivity index (χ1) is 12.5. The van der Waals surface area contributed by atoms with Gasteiger partial charge in [0.1, 0.15) is 5.75 Å². The Hall–Kier alpha value is -2.52. The minimum Gasteiger partial charge on any atom is -0.479 e. The molecule has 2 aromatic rings. The Bertz CT molecular complexity index is 890. The summed E-state index contributed by atoms with van der Waals surface area (Å²) in [6, 6.07) is 6.25. The molecule has 27 heavy (non-hydrogen) atoms. The highest BCUT2D eigenvalue weighted by molar-refractivity contribution is 6.32. The van der Waals surface area contributed by atoms with E-state index >= 15 is 0 Å². The fraction of sp³-hybridized carbons (Fsp3) is 0.188. The normalized spacial score (nSPS) is 12.4. The number of ether oxygens (including phenoxy) is 1. The van der Waals surface area contributed by atoms with Gasteiger partial charge in [-0.05, 0) is 31.2 Å². The standard InChI is InChI=1S/C16H11Cl2F3N2O4/c1-8(27-14-5-3-10(23(25)26)7-12(14)18)15(24)22-13-4-2-9(17)6-11(13)16(19,20)21/h2-8H,1H3,(H,22,24)/t8-/m1/s1. The van der Waals surface area contributed by atoms with Gasteiger partial charge in [0.15, 0.2) is 6.10 Å². The van der Waals surface area contributed by atoms with Crippen LogP contribution in [0.5, 0.6) is 5.75 Å². The number of non-ortho nitro benzene ring substituents is 1. The van der Waals surface area contributed by atoms with Crippen molar-refractivity contribution in [2.24, 2.45) is 0 Å². The van der Waals surface area contributed by atoms with Crippen molar-refractivity contribution in [1.29, 1.82) is 0 Å². The zero-order valence-corrected chi connectivity index (χ0v) is 15.0. The number of alkyl halides is 3. The van der Waals surface area contributed by atoms with E-state index in [1.54, 1.807) is 0 Å². The smallest absolute Gasteiger partial charge is 0.418 e. The second-order valence-electron chi connectivity index (χ2n) is 5.31. The molecule has 6 nitrogen and oxygen atoms in total. The van der Waals surface area contributed by atoms with Gasteiger partial charge >= 0.3 is 6.18 Å². The predicted octanol–water partition coefficient (Wildman–Crippen LogP) is 5.33. The van der Waals surface area contributed by atoms with Crippen molar-refractivity contribution in [3.63, 3.8) is 0 Å². The number of halogens is 5. The molecule has 0 saturated carbocycles. The molecule has 0 saturated heterocycles. The number of anilines is 1. The molecular weight excluding hydrogens is 412 g/mol. The van der Waals surface area contributed by atoms with E-state index in [2.05, 4.69) is 5.32 Å². The molecule has 0 aromatic heterocycles. The first-order valence-electron chi connectivity index (χ1n) is 7.27. The van der Waals surface area contributed by atoms with Gasteiger partial charge in [0.05, 0.1) is 21.2 Å². The quantitative estimate of drug-likeness (QED) is 0.521. The Morgan fingerprint density at radius 2 is 1.89 bits per heavy atom. The second-order valence-corrected chi connectivity index (χ2v) is 6.15. The number of nitro groups is 1. The lowest BCUT2D eigenvalue weighted by atomic mass is 10.1. The maximum atomic E-state index is 13.1. The zero-order chi connectivity index (χ0) is 20.4. The highest BCUT2D eigenvalue weighted by Crippen LogP contribution is 2.36. The van der Waals surface area contributed by atoms with E-state index in [0.717, 1.165) is 18.2 Å². The first-order valence-corrected chi connectivity index (χ1v) is 8.03. The fourth-order valence-corrected chi connectivity index (χ4v) is 2.43. The van der Waals surface area contributed by atoms with Crippen LogP contribution in [0.1, 0.15) is 12.5 Å². The average molecular weight is 423 g/mol. The molecule has 2 rings (SSSR count). The van der Waals surface area contributed by atoms with Crippen molar-refractivity contribution >= 4 is 40.5 Å². The van der Waals surface area contributed by atoms with Gasteiger partial charge in [-0.2, -0.15) is 13.2 Å². The number of amides is 1. The van der Waals surface area contributed by atoms with Gasteiger partial charge in [0.25, 0.3) is 11.6 Å². The van der Waals surface area contributed by atoms with Crippen LogP contribution in [0, 0.1) is 10.1 Å². The van der Waals surface area contributed by atoms with Crippen molar-refractivity contribution in [3.05, 3.63) is 62.1 Å². The van der Waals surface area contributed by atoms with Gasteiger partial charge in [0.2, 0.25) is 0 Å². The molecule has 1 atom stereocenters. The molecule has 1 N–H and O–H groups in total. The minimum atomic E-state index is -4.72. The average Bonchev–Trinajstić information content (AvgIpc) is 2.57. The molecule has 0 aliphatic rings. The summed E-state index contributed by atoms with van der Waals surface area (Å²) in [7, 11) is 0. The Morgan fingerprint density at radius 3 is 2.44 bits per heavy atom. The van der Waals surface area contributed by atoms with Gasteiger partial charge < -0.3 is 10.1 Å². The van der Waals surface area contributed by atoms with Crippen molar-refractivity contribution < 1.29 is 27.6 Å². The summed E-state index contributed by atoms with van der Waals surface area (Å²) in [5, 5.41) is 12.5. The first kappa shape index (κ1) is 20.8. The van der Waals surface area contributed by atoms with Crippen LogP contribution in [0.4, 0.5) is 24.5 Å². The van der Waals surface area contributed by atoms with E-state index in [9.17, 15) is 28.1 Å². The molecule has 11 heteroatoms. The summed E-state index contributed by atoms with van der Waals surface area (Å²) in [6.45, 7) is 1.29. The van der Waals surface area contributed by atoms with Gasteiger partial charge in [-0.3, -0.25) is 14.9 Å². The third-order valence-electron chi connectivity index (χ3n) is 3.34. The zero-order valence-electron chi connectivity index (χ0n) is 13.5. The Morgan fingerprint density at radius 1 is 1.22 bits per heavy atom. The lowest BCUT2D eigenvalue weighted by Crippen LogP contribution is -2.31. The minimum absolute atomic E-state index is 0.0305. The Kier molecular flexibility index (Phi) is 6.17. The molecule has 1 amide bonds. The summed E-state index contributed by atoms with van der Waals surface area (Å²) in [5.41, 5.74) is -1.87. The molecule has 144 valence electrons. The van der Waals surface area contributed by atoms with Crippen LogP contribution in [-0.2, 0) is 11.0 Å². The predicted molar refractivity (Wildman–Crippen MR) is 93.3 cm³/mol. The van der Waals surface area contributed by atoms with E-state index in [1.807, 2.05) is 0 Å². The Balaban J connectivity index is 2.16. The number of nitrogens with one attached hydrogen (secondary N) is 1. The van der Waals surface area contributed by atoms with Gasteiger partial charge in [0, 0.05) is 17.2 Å². The van der Waals surface area contributed by atoms with Crippen molar-refractivity contribution in [2.45, 2.75) is 19.2 Å². The molecule has 2 aromatic carbocycles. The van der Waals surface area contributed by atoms with Crippen LogP contribution in [0.15, 0.2) is 36.4 Å². The van der Waals surface area contributed by atoms with E-state index in [-0.39, 0.29) is 21.5 Å². The number of carbonyl (C=O) groups excluding carboxylic acids is 1. The van der Waals surface area contributed by atoms with Gasteiger partial charge in [-0.25, -0.2) is 0 Å². The SMILES string of the molecule is C[C@@H](Oc1ccc([N+](=O)[O-])cc1Cl)C(=O)Nc1ccc(Cl)cc1C(F)(F)F. The number of nitro benzene ring substituents is 1. The van der Waals surface area contributed by atoms with Crippen molar-refractivity contribution in [1.82, 2.24) is 0 Å². The molecule has 0 spiro atoms. The van der Waals surface area contributed by atoms with Crippen LogP contribution >= 0.6 is 23.2 Å². The van der Waals surface area contributed by atoms with E-state index in [0.29, 0.717) is 6.07 Å². The lowest BCUT2D eigenvalue weighted by Gasteiger charge is -2.18. The number of benzene rings is 2. The van der Waals surface area contributed by atoms with Crippen LogP contribution in [0.2, 0.25) is 10.0 Å². The van der Waals surface area contributed by atoms with E-state index < -0.39 is 34.4 Å². The van der Waals surface area contributed by atoms with Gasteiger partial charge in [-0.1, -0.05) is 23.2 Å². The summed E-state index contributed by atoms with van der Waals surface area (Å²) in [4.78, 5) is 22.2. The number of rotatable bonds is 5. The van der Waals surface area contributed by atoms with Crippen LogP contribution in [-0.4, -0.2) is 16.9 Å². The number of hydrogen-bond acceptors (Lipinski definition) is 4. The molecule has 0 fully saturated rings. The maximum absolute atomic E-state index is 13.1. The summed E-state index contributed by atoms with van der Waals surface area (Å²) < 4.78 is 44.5. The van der Waals surface area contributed by atoms with Crippen LogP contribution in [0.3, 0.4) is 0 Å². The number of carbonyl (C=O) groups is 1. The highest BCUT2D eigenvalue weighted by atomic mass is 35.5. The molecule has 0 bridgehead atoms. The van der Waals surface area contributed by atoms with E-state index in [4.69, 9.17) is 27.9 Å². The Labute approximate surface area is 161 Å². The molecule has 0 radical (unpaired) electrons. The highest BCUT2D eigenvalue weighted by Gasteiger charge is 2.34. The fourth-order valence-electron chi connectivity index (χ4n) is 2.04. The van der Waals surface area contributed by atoms with Crippen molar-refractivity contribution in [3.8, 4) is 5.75 Å². The monoisotopic (exact) mass is 422 g/mol. The lowest BCUT2D eigenvalue weighted by molar-refractivity contribution is -0.384. The molecule has 0 unspecified atom stereocenters. The molecule has 0 aliphatic heterocycles. The third-order valence-corrected chi connectivity index (χ3v) is 3.87. The summed E-state index contributed by atoms with van der Waals surface area (Å²) >= 11 is 11.4. The number of hydrogen-bond donors (Lipinski definition) is 1.